The Labute approximate surface area is 231 Å². The van der Waals surface area contributed by atoms with Crippen LogP contribution in [-0.4, -0.2) is 77.5 Å². The Bertz CT molecular complexity index is 1420. The fourth-order valence-electron chi connectivity index (χ4n) is 4.58. The van der Waals surface area contributed by atoms with Crippen molar-refractivity contribution in [2.75, 3.05) is 61.1 Å². The number of rotatable bonds is 9. The van der Waals surface area contributed by atoms with Crippen LogP contribution < -0.4 is 20.2 Å². The molecule has 4 aromatic rings. The van der Waals surface area contributed by atoms with E-state index in [0.717, 1.165) is 52.7 Å². The van der Waals surface area contributed by atoms with Crippen LogP contribution in [0, 0.1) is 0 Å². The van der Waals surface area contributed by atoms with Gasteiger partial charge in [-0.15, -0.1) is 11.3 Å². The fraction of sp³-hybridized carbons (Fsp3) is 0.370. The molecular weight excluding hydrogens is 516 g/mol. The molecule has 0 aliphatic carbocycles. The van der Waals surface area contributed by atoms with E-state index in [1.807, 2.05) is 11.9 Å². The van der Waals surface area contributed by atoms with Gasteiger partial charge in [0, 0.05) is 61.7 Å². The van der Waals surface area contributed by atoms with Crippen LogP contribution in [0.2, 0.25) is 0 Å². The molecule has 1 aliphatic heterocycles. The number of carbonyl (C=O) groups excluding carboxylic acids is 1. The largest absolute Gasteiger partial charge is 0.378 e. The number of carbonyl (C=O) groups is 1. The quantitative estimate of drug-likeness (QED) is 0.237. The maximum absolute atomic E-state index is 11.6. The Hall–Kier alpha value is -3.87. The Morgan fingerprint density at radius 2 is 1.79 bits per heavy atom. The third-order valence-corrected chi connectivity index (χ3v) is 7.81. The number of fused-ring (bicyclic) bond motifs is 1. The second kappa shape index (κ2) is 11.9. The topological polar surface area (TPSA) is 120 Å². The SMILES string of the molecule is CCN(CC)c1ccc(-c2nc(N3CCOCC3)c3sc(CN(C)c4ncc(C(=O)NO)cn4)cc3n2)cc1. The van der Waals surface area contributed by atoms with Crippen molar-refractivity contribution in [1.82, 2.24) is 25.4 Å². The molecular formula is C27H32N8O3S. The maximum atomic E-state index is 11.6. The Morgan fingerprint density at radius 3 is 2.44 bits per heavy atom. The standard InChI is InChI=1S/C27H32N8O3S/c1-4-34(5-2)20-8-6-18(7-9-20)24-30-22-14-21(39-23(22)25(31-24)35-10-12-38-13-11-35)17-33(3)27-28-15-19(16-29-27)26(36)32-37/h6-9,14-16,37H,4-5,10-13,17H2,1-3H3,(H,32,36). The fourth-order valence-corrected chi connectivity index (χ4v) is 5.74. The third-order valence-electron chi connectivity index (χ3n) is 6.71. The number of benzene rings is 1. The molecule has 3 aromatic heterocycles. The van der Waals surface area contributed by atoms with Crippen molar-refractivity contribution in [1.29, 1.82) is 0 Å². The Morgan fingerprint density at radius 1 is 1.10 bits per heavy atom. The van der Waals surface area contributed by atoms with Gasteiger partial charge in [-0.2, -0.15) is 0 Å². The van der Waals surface area contributed by atoms with Gasteiger partial charge in [0.2, 0.25) is 5.95 Å². The summed E-state index contributed by atoms with van der Waals surface area (Å²) in [5.74, 6) is 1.45. The number of thiophene rings is 1. The molecule has 0 saturated carbocycles. The van der Waals surface area contributed by atoms with Crippen molar-refractivity contribution >= 4 is 44.9 Å². The number of nitrogens with zero attached hydrogens (tertiary/aromatic N) is 7. The van der Waals surface area contributed by atoms with E-state index >= 15 is 0 Å². The first-order valence-corrected chi connectivity index (χ1v) is 13.8. The minimum Gasteiger partial charge on any atom is -0.378 e. The van der Waals surface area contributed by atoms with E-state index in [4.69, 9.17) is 19.9 Å². The number of aromatic nitrogens is 4. The average Bonchev–Trinajstić information content (AvgIpc) is 3.40. The highest BCUT2D eigenvalue weighted by molar-refractivity contribution is 7.19. The summed E-state index contributed by atoms with van der Waals surface area (Å²) in [6.45, 7) is 9.68. The minimum absolute atomic E-state index is 0.180. The van der Waals surface area contributed by atoms with Crippen molar-refractivity contribution in [3.63, 3.8) is 0 Å². The molecule has 0 unspecified atom stereocenters. The van der Waals surface area contributed by atoms with Gasteiger partial charge in [0.15, 0.2) is 11.6 Å². The molecule has 204 valence electrons. The molecule has 1 aromatic carbocycles. The first kappa shape index (κ1) is 26.7. The predicted octanol–water partition coefficient (Wildman–Crippen LogP) is 3.59. The van der Waals surface area contributed by atoms with Crippen LogP contribution in [0.3, 0.4) is 0 Å². The normalized spacial score (nSPS) is 13.5. The summed E-state index contributed by atoms with van der Waals surface area (Å²) in [5, 5.41) is 8.81. The molecule has 1 aliphatic rings. The number of hydrogen-bond acceptors (Lipinski definition) is 11. The lowest BCUT2D eigenvalue weighted by molar-refractivity contribution is 0.0705. The van der Waals surface area contributed by atoms with Crippen LogP contribution in [0.25, 0.3) is 21.6 Å². The van der Waals surface area contributed by atoms with E-state index in [2.05, 4.69) is 63.9 Å². The van der Waals surface area contributed by atoms with E-state index in [9.17, 15) is 4.79 Å². The van der Waals surface area contributed by atoms with Gasteiger partial charge in [-0.3, -0.25) is 10.0 Å². The van der Waals surface area contributed by atoms with Gasteiger partial charge < -0.3 is 19.4 Å². The van der Waals surface area contributed by atoms with Crippen LogP contribution in [0.1, 0.15) is 29.1 Å². The lowest BCUT2D eigenvalue weighted by Crippen LogP contribution is -2.36. The Kier molecular flexibility index (Phi) is 8.15. The second-order valence-corrected chi connectivity index (χ2v) is 10.3. The van der Waals surface area contributed by atoms with Gasteiger partial charge in [0.25, 0.3) is 5.91 Å². The van der Waals surface area contributed by atoms with Crippen LogP contribution in [0.5, 0.6) is 0 Å². The molecule has 1 amide bonds. The van der Waals surface area contributed by atoms with Crippen molar-refractivity contribution in [2.24, 2.45) is 0 Å². The highest BCUT2D eigenvalue weighted by Gasteiger charge is 2.21. The van der Waals surface area contributed by atoms with Gasteiger partial charge in [0.1, 0.15) is 0 Å². The van der Waals surface area contributed by atoms with E-state index in [1.165, 1.54) is 18.1 Å². The lowest BCUT2D eigenvalue weighted by Gasteiger charge is -2.28. The molecule has 0 atom stereocenters. The highest BCUT2D eigenvalue weighted by Crippen LogP contribution is 2.35. The molecule has 5 rings (SSSR count). The van der Waals surface area contributed by atoms with Gasteiger partial charge in [-0.1, -0.05) is 0 Å². The average molecular weight is 549 g/mol. The summed E-state index contributed by atoms with van der Waals surface area (Å²) in [7, 11) is 1.89. The second-order valence-electron chi connectivity index (χ2n) is 9.19. The summed E-state index contributed by atoms with van der Waals surface area (Å²) in [6, 6.07) is 10.6. The number of nitrogens with one attached hydrogen (secondary N) is 1. The molecule has 0 radical (unpaired) electrons. The molecule has 11 nitrogen and oxygen atoms in total. The summed E-state index contributed by atoms with van der Waals surface area (Å²) in [6.07, 6.45) is 2.77. The summed E-state index contributed by atoms with van der Waals surface area (Å²) < 4.78 is 6.64. The van der Waals surface area contributed by atoms with E-state index in [-0.39, 0.29) is 5.56 Å². The number of anilines is 3. The van der Waals surface area contributed by atoms with Crippen LogP contribution in [0.4, 0.5) is 17.5 Å². The van der Waals surface area contributed by atoms with Gasteiger partial charge >= 0.3 is 0 Å². The molecule has 39 heavy (non-hydrogen) atoms. The molecule has 1 saturated heterocycles. The monoisotopic (exact) mass is 548 g/mol. The molecule has 0 spiro atoms. The van der Waals surface area contributed by atoms with Gasteiger partial charge in [-0.05, 0) is 44.2 Å². The van der Waals surface area contributed by atoms with E-state index in [0.29, 0.717) is 31.5 Å². The minimum atomic E-state index is -0.651. The smallest absolute Gasteiger partial charge is 0.277 e. The molecule has 12 heteroatoms. The lowest BCUT2D eigenvalue weighted by atomic mass is 10.1. The number of morpholine rings is 1. The first-order chi connectivity index (χ1) is 19.0. The summed E-state index contributed by atoms with van der Waals surface area (Å²) in [4.78, 5) is 37.7. The molecule has 2 N–H and O–H groups in total. The van der Waals surface area contributed by atoms with Crippen molar-refractivity contribution < 1.29 is 14.7 Å². The zero-order valence-corrected chi connectivity index (χ0v) is 23.1. The van der Waals surface area contributed by atoms with Gasteiger partial charge in [0.05, 0.1) is 35.5 Å². The number of hydroxylamine groups is 1. The zero-order chi connectivity index (χ0) is 27.4. The molecule has 4 heterocycles. The van der Waals surface area contributed by atoms with E-state index in [1.54, 1.807) is 16.8 Å². The summed E-state index contributed by atoms with van der Waals surface area (Å²) in [5.41, 5.74) is 4.84. The first-order valence-electron chi connectivity index (χ1n) is 13.0. The van der Waals surface area contributed by atoms with Crippen LogP contribution >= 0.6 is 11.3 Å². The Balaban J connectivity index is 1.46. The van der Waals surface area contributed by atoms with Crippen LogP contribution in [0.15, 0.2) is 42.7 Å². The van der Waals surface area contributed by atoms with Crippen LogP contribution in [-0.2, 0) is 11.3 Å². The number of amides is 1. The number of ether oxygens (including phenoxy) is 1. The van der Waals surface area contributed by atoms with Crippen molar-refractivity contribution in [3.05, 3.63) is 53.2 Å². The third kappa shape index (κ3) is 5.77. The predicted molar refractivity (Wildman–Crippen MR) is 153 cm³/mol. The molecule has 1 fully saturated rings. The summed E-state index contributed by atoms with van der Waals surface area (Å²) >= 11 is 1.66. The van der Waals surface area contributed by atoms with Gasteiger partial charge in [-0.25, -0.2) is 25.4 Å². The van der Waals surface area contributed by atoms with Crippen molar-refractivity contribution in [3.8, 4) is 11.4 Å². The zero-order valence-electron chi connectivity index (χ0n) is 22.3. The maximum Gasteiger partial charge on any atom is 0.277 e. The van der Waals surface area contributed by atoms with Crippen molar-refractivity contribution in [2.45, 2.75) is 20.4 Å². The van der Waals surface area contributed by atoms with E-state index < -0.39 is 5.91 Å². The molecule has 0 bridgehead atoms. The number of hydrogen-bond donors (Lipinski definition) is 2. The highest BCUT2D eigenvalue weighted by atomic mass is 32.1.